The van der Waals surface area contributed by atoms with Gasteiger partial charge >= 0.3 is 5.97 Å². The summed E-state index contributed by atoms with van der Waals surface area (Å²) in [6.07, 6.45) is 3.07. The first-order valence-electron chi connectivity index (χ1n) is 14.7. The summed E-state index contributed by atoms with van der Waals surface area (Å²) in [6.45, 7) is 8.06. The first kappa shape index (κ1) is 34.3. The molecule has 2 saturated heterocycles. The number of hydrogen-bond acceptors (Lipinski definition) is 14. The lowest BCUT2D eigenvalue weighted by atomic mass is 9.98. The Morgan fingerprint density at radius 2 is 1.87 bits per heavy atom. The zero-order chi connectivity index (χ0) is 32.9. The summed E-state index contributed by atoms with van der Waals surface area (Å²) in [5.41, 5.74) is 7.12. The van der Waals surface area contributed by atoms with Crippen molar-refractivity contribution in [3.05, 3.63) is 52.5 Å². The van der Waals surface area contributed by atoms with Crippen LogP contribution in [0.1, 0.15) is 32.9 Å². The topological polar surface area (TPSA) is 194 Å². The molecule has 15 nitrogen and oxygen atoms in total. The van der Waals surface area contributed by atoms with E-state index in [4.69, 9.17) is 10.5 Å². The van der Waals surface area contributed by atoms with E-state index in [9.17, 15) is 28.1 Å². The molecule has 2 fully saturated rings. The van der Waals surface area contributed by atoms with Gasteiger partial charge in [0.1, 0.15) is 24.4 Å². The van der Waals surface area contributed by atoms with Crippen LogP contribution in [-0.4, -0.2) is 109 Å². The predicted molar refractivity (Wildman–Crippen MR) is 170 cm³/mol. The summed E-state index contributed by atoms with van der Waals surface area (Å²) >= 11 is 0.917. The lowest BCUT2D eigenvalue weighted by molar-refractivity contribution is -0.493. The molecule has 1 aromatic heterocycles. The van der Waals surface area contributed by atoms with Crippen molar-refractivity contribution in [2.75, 3.05) is 62.3 Å². The number of nitrogens with two attached hydrogens (primary N) is 1. The fourth-order valence-electron chi connectivity index (χ4n) is 5.18. The molecule has 4 rings (SSSR count). The number of anilines is 2. The van der Waals surface area contributed by atoms with Crippen LogP contribution in [0.15, 0.2) is 41.6 Å². The maximum absolute atomic E-state index is 14.0. The SMILES string of the molecule is CCOC(=O)CN1CCN(c2cc(C3(Nc4ccc(S(C)(=O)=O)cc4)SC([N+](=O)[O-])CN3C(=O)[C@@H](N)[C@@H](C)CC)ncn2)CC1. The third-order valence-electron chi connectivity index (χ3n) is 8.02. The number of nitrogens with one attached hydrogen (secondary N) is 1. The van der Waals surface area contributed by atoms with Gasteiger partial charge in [0.05, 0.1) is 24.1 Å². The van der Waals surface area contributed by atoms with Crippen molar-refractivity contribution >= 4 is 45.0 Å². The van der Waals surface area contributed by atoms with Crippen LogP contribution in [-0.2, 0) is 29.2 Å². The molecule has 1 amide bonds. The number of esters is 1. The standard InChI is InChI=1S/C28H40N8O7S2/c1-5-19(3)26(29)27(38)35-16-24(36(39)40)44-28(35,32-20-7-9-21(10-8-20)45(4,41)42)22-15-23(31-18-30-22)34-13-11-33(12-14-34)17-25(37)43-6-2/h7-10,15,18-19,24,26,32H,5-6,11-14,16-17,29H2,1-4H3/t19-,24?,26-,28?/m0/s1. The van der Waals surface area contributed by atoms with Crippen LogP contribution in [0.4, 0.5) is 11.5 Å². The summed E-state index contributed by atoms with van der Waals surface area (Å²) in [7, 11) is -3.47. The molecule has 1 aromatic carbocycles. The summed E-state index contributed by atoms with van der Waals surface area (Å²) in [5, 5.41) is 14.3. The Balaban J connectivity index is 1.73. The molecule has 0 aliphatic carbocycles. The number of piperazine rings is 1. The Morgan fingerprint density at radius 3 is 2.44 bits per heavy atom. The van der Waals surface area contributed by atoms with Gasteiger partial charge in [0.15, 0.2) is 9.84 Å². The number of nitrogens with zero attached hydrogens (tertiary/aromatic N) is 6. The van der Waals surface area contributed by atoms with Crippen molar-refractivity contribution in [2.45, 2.75) is 48.5 Å². The van der Waals surface area contributed by atoms with Gasteiger partial charge in [-0.05, 0) is 48.9 Å². The smallest absolute Gasteiger partial charge is 0.320 e. The summed E-state index contributed by atoms with van der Waals surface area (Å²) in [6, 6.07) is 6.70. The molecule has 2 aromatic rings. The van der Waals surface area contributed by atoms with Crippen molar-refractivity contribution in [3.63, 3.8) is 0 Å². The quantitative estimate of drug-likeness (QED) is 0.187. The highest BCUT2D eigenvalue weighted by Gasteiger charge is 2.57. The van der Waals surface area contributed by atoms with E-state index >= 15 is 0 Å². The Hall–Kier alpha value is -3.54. The maximum Gasteiger partial charge on any atom is 0.320 e. The van der Waals surface area contributed by atoms with Crippen molar-refractivity contribution < 1.29 is 27.7 Å². The van der Waals surface area contributed by atoms with Gasteiger partial charge in [-0.15, -0.1) is 0 Å². The minimum atomic E-state index is -3.47. The number of rotatable bonds is 12. The zero-order valence-electron chi connectivity index (χ0n) is 25.8. The minimum absolute atomic E-state index is 0.0995. The second-order valence-electron chi connectivity index (χ2n) is 11.1. The summed E-state index contributed by atoms with van der Waals surface area (Å²) in [5.74, 6) is -0.412. The molecular formula is C28H40N8O7S2. The molecule has 0 radical (unpaired) electrons. The highest BCUT2D eigenvalue weighted by atomic mass is 32.2. The lowest BCUT2D eigenvalue weighted by Crippen LogP contribution is -2.56. The van der Waals surface area contributed by atoms with Gasteiger partial charge in [0.25, 0.3) is 5.37 Å². The van der Waals surface area contributed by atoms with E-state index in [0.717, 1.165) is 18.0 Å². The first-order chi connectivity index (χ1) is 21.3. The summed E-state index contributed by atoms with van der Waals surface area (Å²) in [4.78, 5) is 50.5. The lowest BCUT2D eigenvalue weighted by Gasteiger charge is -2.40. The van der Waals surface area contributed by atoms with E-state index in [1.165, 1.54) is 23.4 Å². The molecule has 4 atom stereocenters. The highest BCUT2D eigenvalue weighted by molar-refractivity contribution is 8.01. The monoisotopic (exact) mass is 664 g/mol. The van der Waals surface area contributed by atoms with Gasteiger partial charge in [0, 0.05) is 49.1 Å². The molecule has 3 heterocycles. The van der Waals surface area contributed by atoms with Gasteiger partial charge in [-0.1, -0.05) is 20.3 Å². The predicted octanol–water partition coefficient (Wildman–Crippen LogP) is 1.34. The molecule has 2 unspecified atom stereocenters. The molecule has 3 N–H and O–H groups in total. The second kappa shape index (κ2) is 14.3. The molecule has 0 bridgehead atoms. The van der Waals surface area contributed by atoms with Gasteiger partial charge in [0.2, 0.25) is 10.9 Å². The Kier molecular flexibility index (Phi) is 10.9. The minimum Gasteiger partial charge on any atom is -0.465 e. The van der Waals surface area contributed by atoms with Gasteiger partial charge in [-0.25, -0.2) is 18.4 Å². The maximum atomic E-state index is 14.0. The zero-order valence-corrected chi connectivity index (χ0v) is 27.4. The third-order valence-corrected chi connectivity index (χ3v) is 10.6. The molecule has 0 spiro atoms. The first-order valence-corrected chi connectivity index (χ1v) is 17.5. The fraction of sp³-hybridized carbons (Fsp3) is 0.571. The normalized spacial score (nSPS) is 22.1. The van der Waals surface area contributed by atoms with Crippen LogP contribution in [0.3, 0.4) is 0 Å². The number of aromatic nitrogens is 2. The van der Waals surface area contributed by atoms with E-state index in [2.05, 4.69) is 15.3 Å². The average Bonchev–Trinajstić information content (AvgIpc) is 3.41. The van der Waals surface area contributed by atoms with Crippen molar-refractivity contribution in [1.82, 2.24) is 19.8 Å². The van der Waals surface area contributed by atoms with Crippen LogP contribution in [0.2, 0.25) is 0 Å². The van der Waals surface area contributed by atoms with Gasteiger partial charge < -0.3 is 20.7 Å². The third kappa shape index (κ3) is 7.82. The number of hydrogen-bond donors (Lipinski definition) is 2. The molecule has 2 aliphatic rings. The molecular weight excluding hydrogens is 624 g/mol. The number of sulfone groups is 1. The number of benzene rings is 1. The molecule has 17 heteroatoms. The highest BCUT2D eigenvalue weighted by Crippen LogP contribution is 2.49. The van der Waals surface area contributed by atoms with Crippen LogP contribution in [0.25, 0.3) is 0 Å². The number of amides is 1. The Bertz CT molecular complexity index is 1490. The van der Waals surface area contributed by atoms with Crippen molar-refractivity contribution in [2.24, 2.45) is 11.7 Å². The second-order valence-corrected chi connectivity index (χ2v) is 14.5. The average molecular weight is 665 g/mol. The van der Waals surface area contributed by atoms with E-state index in [1.807, 2.05) is 23.6 Å². The molecule has 246 valence electrons. The number of thioether (sulfide) groups is 1. The van der Waals surface area contributed by atoms with Crippen molar-refractivity contribution in [1.29, 1.82) is 0 Å². The van der Waals surface area contributed by atoms with E-state index in [0.29, 0.717) is 56.4 Å². The van der Waals surface area contributed by atoms with Crippen LogP contribution < -0.4 is 16.0 Å². The van der Waals surface area contributed by atoms with E-state index in [-0.39, 0.29) is 29.9 Å². The molecule has 45 heavy (non-hydrogen) atoms. The van der Waals surface area contributed by atoms with Crippen LogP contribution in [0, 0.1) is 16.0 Å². The Labute approximate surface area is 266 Å². The van der Waals surface area contributed by atoms with Gasteiger partial charge in [-0.3, -0.25) is 29.5 Å². The van der Waals surface area contributed by atoms with E-state index < -0.39 is 37.1 Å². The van der Waals surface area contributed by atoms with Gasteiger partial charge in [-0.2, -0.15) is 0 Å². The van der Waals surface area contributed by atoms with E-state index in [1.54, 1.807) is 25.1 Å². The van der Waals surface area contributed by atoms with Crippen LogP contribution in [0.5, 0.6) is 0 Å². The largest absolute Gasteiger partial charge is 0.465 e. The summed E-state index contributed by atoms with van der Waals surface area (Å²) < 4.78 is 29.2. The fourth-order valence-corrected chi connectivity index (χ4v) is 7.22. The molecule has 0 saturated carbocycles. The number of carbonyl (C=O) groups excluding carboxylic acids is 2. The number of carbonyl (C=O) groups is 2. The number of nitro groups is 1. The van der Waals surface area contributed by atoms with Crippen molar-refractivity contribution in [3.8, 4) is 0 Å². The Morgan fingerprint density at radius 1 is 1.20 bits per heavy atom. The number of ether oxygens (including phenoxy) is 1. The molecule has 2 aliphatic heterocycles. The van der Waals surface area contributed by atoms with Crippen LogP contribution >= 0.6 is 11.8 Å².